The minimum atomic E-state index is 0.635. The summed E-state index contributed by atoms with van der Waals surface area (Å²) >= 11 is 0. The second-order valence-corrected chi connectivity index (χ2v) is 5.07. The molecule has 2 saturated carbocycles. The summed E-state index contributed by atoms with van der Waals surface area (Å²) in [7, 11) is 0. The van der Waals surface area contributed by atoms with Crippen LogP contribution in [0.3, 0.4) is 0 Å². The molecule has 0 aromatic heterocycles. The van der Waals surface area contributed by atoms with E-state index >= 15 is 0 Å². The van der Waals surface area contributed by atoms with Gasteiger partial charge in [-0.05, 0) is 35.5 Å². The zero-order valence-corrected chi connectivity index (χ0v) is 7.57. The maximum absolute atomic E-state index is 2.47. The molecule has 0 aromatic rings. The van der Waals surface area contributed by atoms with Crippen molar-refractivity contribution in [3.8, 4) is 0 Å². The Balaban J connectivity index is 2.25. The second kappa shape index (κ2) is 1.44. The van der Waals surface area contributed by atoms with E-state index in [4.69, 9.17) is 0 Å². The first-order valence-corrected chi connectivity index (χ1v) is 4.50. The molecule has 0 bridgehead atoms. The van der Waals surface area contributed by atoms with Crippen LogP contribution in [0.15, 0.2) is 0 Å². The molecule has 2 aliphatic carbocycles. The van der Waals surface area contributed by atoms with Crippen molar-refractivity contribution in [2.24, 2.45) is 22.7 Å². The number of rotatable bonds is 0. The van der Waals surface area contributed by atoms with Crippen molar-refractivity contribution >= 4 is 0 Å². The first kappa shape index (κ1) is 6.69. The summed E-state index contributed by atoms with van der Waals surface area (Å²) in [5, 5.41) is 0. The Morgan fingerprint density at radius 1 is 1.20 bits per heavy atom. The first-order valence-electron chi connectivity index (χ1n) is 4.50. The standard InChI is InChI=1S/C10H18/c1-7-8-5-6-10(8,4)9(7,2)3/h7-8H,5-6H2,1-4H3. The fraction of sp³-hybridized carbons (Fsp3) is 1.00. The minimum Gasteiger partial charge on any atom is -0.0617 e. The third-order valence-electron chi connectivity index (χ3n) is 5.01. The molecule has 10 heavy (non-hydrogen) atoms. The summed E-state index contributed by atoms with van der Waals surface area (Å²) in [4.78, 5) is 0. The molecule has 3 unspecified atom stereocenters. The van der Waals surface area contributed by atoms with Gasteiger partial charge in [0.25, 0.3) is 0 Å². The summed E-state index contributed by atoms with van der Waals surface area (Å²) in [6, 6.07) is 0. The van der Waals surface area contributed by atoms with Gasteiger partial charge in [0.2, 0.25) is 0 Å². The monoisotopic (exact) mass is 138 g/mol. The molecule has 0 N–H and O–H groups in total. The first-order chi connectivity index (χ1) is 4.50. The fourth-order valence-electron chi connectivity index (χ4n) is 3.27. The average molecular weight is 138 g/mol. The van der Waals surface area contributed by atoms with Crippen molar-refractivity contribution in [1.82, 2.24) is 0 Å². The van der Waals surface area contributed by atoms with Crippen LogP contribution in [0.2, 0.25) is 0 Å². The lowest BCUT2D eigenvalue weighted by Gasteiger charge is -2.72. The Kier molecular flexibility index (Phi) is 0.964. The number of hydrogen-bond acceptors (Lipinski definition) is 0. The third kappa shape index (κ3) is 0.408. The van der Waals surface area contributed by atoms with E-state index in [1.54, 1.807) is 0 Å². The lowest BCUT2D eigenvalue weighted by atomic mass is 9.32. The summed E-state index contributed by atoms with van der Waals surface area (Å²) in [6.45, 7) is 9.77. The maximum Gasteiger partial charge on any atom is -0.0241 e. The lowest BCUT2D eigenvalue weighted by Crippen LogP contribution is -2.65. The van der Waals surface area contributed by atoms with E-state index in [0.717, 1.165) is 17.3 Å². The van der Waals surface area contributed by atoms with Crippen LogP contribution in [0.4, 0.5) is 0 Å². The molecule has 0 heteroatoms. The van der Waals surface area contributed by atoms with Gasteiger partial charge in [0, 0.05) is 0 Å². The van der Waals surface area contributed by atoms with E-state index in [2.05, 4.69) is 27.7 Å². The van der Waals surface area contributed by atoms with Crippen molar-refractivity contribution in [2.45, 2.75) is 40.5 Å². The van der Waals surface area contributed by atoms with Crippen molar-refractivity contribution < 1.29 is 0 Å². The van der Waals surface area contributed by atoms with Crippen LogP contribution in [0.25, 0.3) is 0 Å². The summed E-state index contributed by atoms with van der Waals surface area (Å²) in [5.41, 5.74) is 1.36. The van der Waals surface area contributed by atoms with Gasteiger partial charge >= 0.3 is 0 Å². The summed E-state index contributed by atoms with van der Waals surface area (Å²) in [5.74, 6) is 2.05. The van der Waals surface area contributed by atoms with Crippen molar-refractivity contribution in [3.05, 3.63) is 0 Å². The van der Waals surface area contributed by atoms with Crippen LogP contribution in [0.1, 0.15) is 40.5 Å². The normalized spacial score (nSPS) is 56.4. The molecular formula is C10H18. The van der Waals surface area contributed by atoms with Gasteiger partial charge in [-0.15, -0.1) is 0 Å². The smallest absolute Gasteiger partial charge is 0.0241 e. The van der Waals surface area contributed by atoms with E-state index in [9.17, 15) is 0 Å². The van der Waals surface area contributed by atoms with Crippen LogP contribution in [-0.2, 0) is 0 Å². The van der Waals surface area contributed by atoms with Crippen molar-refractivity contribution in [3.63, 3.8) is 0 Å². The van der Waals surface area contributed by atoms with Crippen LogP contribution >= 0.6 is 0 Å². The van der Waals surface area contributed by atoms with Crippen molar-refractivity contribution in [1.29, 1.82) is 0 Å². The number of hydrogen-bond donors (Lipinski definition) is 0. The Labute approximate surface area is 64.0 Å². The largest absolute Gasteiger partial charge is 0.0617 e. The van der Waals surface area contributed by atoms with Crippen molar-refractivity contribution in [2.75, 3.05) is 0 Å². The zero-order valence-electron chi connectivity index (χ0n) is 7.57. The predicted octanol–water partition coefficient (Wildman–Crippen LogP) is 3.08. The quantitative estimate of drug-likeness (QED) is 0.482. The molecule has 0 aromatic carbocycles. The molecule has 2 aliphatic rings. The molecule has 3 atom stereocenters. The maximum atomic E-state index is 2.47. The highest BCUT2D eigenvalue weighted by atomic mass is 14.7. The second-order valence-electron chi connectivity index (χ2n) is 5.07. The van der Waals surface area contributed by atoms with Gasteiger partial charge < -0.3 is 0 Å². The third-order valence-corrected chi connectivity index (χ3v) is 5.01. The highest BCUT2D eigenvalue weighted by Gasteiger charge is 2.66. The van der Waals surface area contributed by atoms with Gasteiger partial charge in [-0.1, -0.05) is 27.7 Å². The Hall–Kier alpha value is 0. The Morgan fingerprint density at radius 3 is 1.90 bits per heavy atom. The highest BCUT2D eigenvalue weighted by molar-refractivity contribution is 5.15. The molecule has 0 nitrogen and oxygen atoms in total. The molecule has 2 rings (SSSR count). The molecule has 0 saturated heterocycles. The molecule has 0 spiro atoms. The van der Waals surface area contributed by atoms with Gasteiger partial charge in [0.1, 0.15) is 0 Å². The SMILES string of the molecule is CC1C2CCC2(C)C1(C)C. The Morgan fingerprint density at radius 2 is 1.80 bits per heavy atom. The van der Waals surface area contributed by atoms with Crippen LogP contribution in [-0.4, -0.2) is 0 Å². The topological polar surface area (TPSA) is 0 Å². The van der Waals surface area contributed by atoms with Gasteiger partial charge in [-0.2, -0.15) is 0 Å². The van der Waals surface area contributed by atoms with E-state index in [-0.39, 0.29) is 0 Å². The minimum absolute atomic E-state index is 0.635. The molecule has 0 amide bonds. The molecular weight excluding hydrogens is 120 g/mol. The predicted molar refractivity (Wildman–Crippen MR) is 43.8 cm³/mol. The molecule has 0 heterocycles. The van der Waals surface area contributed by atoms with E-state index < -0.39 is 0 Å². The fourth-order valence-corrected chi connectivity index (χ4v) is 3.27. The van der Waals surface area contributed by atoms with E-state index in [0.29, 0.717) is 5.41 Å². The van der Waals surface area contributed by atoms with Crippen LogP contribution < -0.4 is 0 Å². The Bertz CT molecular complexity index is 159. The zero-order chi connectivity index (χ0) is 7.57. The van der Waals surface area contributed by atoms with Gasteiger partial charge in [-0.25, -0.2) is 0 Å². The summed E-state index contributed by atoms with van der Waals surface area (Å²) < 4.78 is 0. The molecule has 58 valence electrons. The lowest BCUT2D eigenvalue weighted by molar-refractivity contribution is -0.238. The highest BCUT2D eigenvalue weighted by Crippen LogP contribution is 2.73. The molecule has 2 fully saturated rings. The van der Waals surface area contributed by atoms with Gasteiger partial charge in [0.15, 0.2) is 0 Å². The van der Waals surface area contributed by atoms with Gasteiger partial charge in [0.05, 0.1) is 0 Å². The summed E-state index contributed by atoms with van der Waals surface area (Å²) in [6.07, 6.45) is 2.98. The number of fused-ring (bicyclic) bond motifs is 1. The van der Waals surface area contributed by atoms with Crippen LogP contribution in [0, 0.1) is 22.7 Å². The molecule has 0 aliphatic heterocycles. The van der Waals surface area contributed by atoms with Gasteiger partial charge in [-0.3, -0.25) is 0 Å². The van der Waals surface area contributed by atoms with E-state index in [1.165, 1.54) is 12.8 Å². The van der Waals surface area contributed by atoms with Crippen LogP contribution in [0.5, 0.6) is 0 Å². The van der Waals surface area contributed by atoms with E-state index in [1.807, 2.05) is 0 Å². The molecule has 0 radical (unpaired) electrons. The average Bonchev–Trinajstić information content (AvgIpc) is 1.83.